The predicted octanol–water partition coefficient (Wildman–Crippen LogP) is 5.67. The molecule has 146 valence electrons. The van der Waals surface area contributed by atoms with Crippen LogP contribution in [0.15, 0.2) is 78.2 Å². The second kappa shape index (κ2) is 9.16. The van der Waals surface area contributed by atoms with Crippen LogP contribution >= 0.6 is 22.7 Å². The van der Waals surface area contributed by atoms with Crippen LogP contribution in [0.2, 0.25) is 0 Å². The molecular weight excluding hydrogens is 396 g/mol. The average Bonchev–Trinajstić information content (AvgIpc) is 3.39. The molecule has 0 aliphatic carbocycles. The van der Waals surface area contributed by atoms with Crippen molar-refractivity contribution in [3.05, 3.63) is 99.2 Å². The fourth-order valence-corrected chi connectivity index (χ4v) is 4.98. The van der Waals surface area contributed by atoms with Crippen LogP contribution in [-0.4, -0.2) is 17.4 Å². The Morgan fingerprint density at radius 2 is 1.62 bits per heavy atom. The molecule has 0 bridgehead atoms. The second-order valence-electron chi connectivity index (χ2n) is 6.81. The quantitative estimate of drug-likeness (QED) is 0.420. The maximum Gasteiger partial charge on any atom is 0.232 e. The van der Waals surface area contributed by atoms with Crippen LogP contribution in [0.5, 0.6) is 0 Å². The van der Waals surface area contributed by atoms with E-state index in [0.29, 0.717) is 6.54 Å². The number of aromatic nitrogens is 1. The monoisotopic (exact) mass is 418 g/mol. The van der Waals surface area contributed by atoms with Gasteiger partial charge in [-0.3, -0.25) is 4.79 Å². The van der Waals surface area contributed by atoms with Crippen molar-refractivity contribution in [3.63, 3.8) is 0 Å². The fourth-order valence-electron chi connectivity index (χ4n) is 3.32. The Morgan fingerprint density at radius 3 is 2.21 bits per heavy atom. The highest BCUT2D eigenvalue weighted by Crippen LogP contribution is 2.29. The van der Waals surface area contributed by atoms with Gasteiger partial charge in [0.15, 0.2) is 0 Å². The van der Waals surface area contributed by atoms with Gasteiger partial charge in [-0.25, -0.2) is 4.98 Å². The van der Waals surface area contributed by atoms with E-state index >= 15 is 0 Å². The minimum absolute atomic E-state index is 0.0364. The molecule has 2 heterocycles. The first-order chi connectivity index (χ1) is 14.2. The van der Waals surface area contributed by atoms with Gasteiger partial charge in [0, 0.05) is 16.8 Å². The van der Waals surface area contributed by atoms with E-state index in [-0.39, 0.29) is 11.8 Å². The molecule has 1 amide bonds. The van der Waals surface area contributed by atoms with Crippen molar-refractivity contribution in [2.24, 2.45) is 0 Å². The molecule has 1 N–H and O–H groups in total. The highest BCUT2D eigenvalue weighted by atomic mass is 32.1. The van der Waals surface area contributed by atoms with E-state index in [1.165, 1.54) is 9.75 Å². The number of hydrogen-bond acceptors (Lipinski definition) is 4. The number of nitrogens with one attached hydrogen (secondary N) is 1. The van der Waals surface area contributed by atoms with Crippen molar-refractivity contribution in [2.45, 2.75) is 19.3 Å². The average molecular weight is 419 g/mol. The van der Waals surface area contributed by atoms with Gasteiger partial charge in [-0.2, -0.15) is 0 Å². The smallest absolute Gasteiger partial charge is 0.232 e. The normalized spacial score (nSPS) is 11.0. The number of carbonyl (C=O) groups is 1. The lowest BCUT2D eigenvalue weighted by Crippen LogP contribution is -2.31. The number of thiophene rings is 1. The fraction of sp³-hybridized carbons (Fsp3) is 0.167. The first kappa shape index (κ1) is 19.6. The summed E-state index contributed by atoms with van der Waals surface area (Å²) < 4.78 is 0. The van der Waals surface area contributed by atoms with E-state index < -0.39 is 0 Å². The molecule has 4 rings (SSSR count). The molecule has 0 aliphatic heterocycles. The first-order valence-electron chi connectivity index (χ1n) is 9.59. The summed E-state index contributed by atoms with van der Waals surface area (Å²) >= 11 is 3.41. The van der Waals surface area contributed by atoms with Crippen molar-refractivity contribution in [1.82, 2.24) is 10.3 Å². The lowest BCUT2D eigenvalue weighted by Gasteiger charge is -2.17. The van der Waals surface area contributed by atoms with Gasteiger partial charge in [0.05, 0.1) is 21.5 Å². The molecule has 0 saturated carbocycles. The number of aryl methyl sites for hydroxylation is 1. The number of nitrogens with zero attached hydrogens (tertiary/aromatic N) is 1. The molecule has 3 nitrogen and oxygen atoms in total. The van der Waals surface area contributed by atoms with Gasteiger partial charge in [0.25, 0.3) is 0 Å². The van der Waals surface area contributed by atoms with Crippen LogP contribution in [0.1, 0.15) is 26.9 Å². The van der Waals surface area contributed by atoms with Gasteiger partial charge < -0.3 is 5.32 Å². The summed E-state index contributed by atoms with van der Waals surface area (Å²) in [5, 5.41) is 6.31. The summed E-state index contributed by atoms with van der Waals surface area (Å²) in [6.45, 7) is 2.64. The molecule has 2 aromatic heterocycles. The Morgan fingerprint density at radius 1 is 0.966 bits per heavy atom. The Balaban J connectivity index is 1.42. The SMILES string of the molecule is Cc1nc(-c2ccc(CCNC(=O)C(c3ccccc3)c3ccccc3)s2)cs1. The van der Waals surface area contributed by atoms with Crippen LogP contribution in [0.3, 0.4) is 0 Å². The first-order valence-corrected chi connectivity index (χ1v) is 11.3. The minimum atomic E-state index is -0.297. The van der Waals surface area contributed by atoms with Gasteiger partial charge in [0.2, 0.25) is 5.91 Å². The van der Waals surface area contributed by atoms with E-state index in [4.69, 9.17) is 0 Å². The molecule has 0 atom stereocenters. The largest absolute Gasteiger partial charge is 0.355 e. The number of amides is 1. The third-order valence-corrected chi connectivity index (χ3v) is 6.67. The van der Waals surface area contributed by atoms with E-state index in [1.54, 1.807) is 22.7 Å². The van der Waals surface area contributed by atoms with Crippen LogP contribution in [-0.2, 0) is 11.2 Å². The maximum absolute atomic E-state index is 13.0. The standard InChI is InChI=1S/C24H22N2OS2/c1-17-26-21(16-28-17)22-13-12-20(29-22)14-15-25-24(27)23(18-8-4-2-5-9-18)19-10-6-3-7-11-19/h2-13,16,23H,14-15H2,1H3,(H,25,27). The Labute approximate surface area is 179 Å². The number of rotatable bonds is 7. The molecule has 4 aromatic rings. The van der Waals surface area contributed by atoms with Crippen LogP contribution in [0, 0.1) is 6.92 Å². The minimum Gasteiger partial charge on any atom is -0.355 e. The third-order valence-electron chi connectivity index (χ3n) is 4.73. The van der Waals surface area contributed by atoms with Crippen LogP contribution in [0.4, 0.5) is 0 Å². The van der Waals surface area contributed by atoms with Crippen molar-refractivity contribution in [1.29, 1.82) is 0 Å². The highest BCUT2D eigenvalue weighted by molar-refractivity contribution is 7.16. The Bertz CT molecular complexity index is 1030. The van der Waals surface area contributed by atoms with E-state index in [1.807, 2.05) is 67.6 Å². The third kappa shape index (κ3) is 4.81. The Hall–Kier alpha value is -2.76. The van der Waals surface area contributed by atoms with Crippen LogP contribution in [0.25, 0.3) is 10.6 Å². The van der Waals surface area contributed by atoms with Gasteiger partial charge in [-0.15, -0.1) is 22.7 Å². The number of thiazole rings is 1. The summed E-state index contributed by atoms with van der Waals surface area (Å²) in [5.41, 5.74) is 3.06. The summed E-state index contributed by atoms with van der Waals surface area (Å²) in [5.74, 6) is -0.261. The topological polar surface area (TPSA) is 42.0 Å². The predicted molar refractivity (Wildman–Crippen MR) is 122 cm³/mol. The molecule has 2 aromatic carbocycles. The van der Waals surface area contributed by atoms with Crippen molar-refractivity contribution >= 4 is 28.6 Å². The molecule has 0 spiro atoms. The molecule has 0 fully saturated rings. The number of carbonyl (C=O) groups excluding carboxylic acids is 1. The van der Waals surface area contributed by atoms with E-state index in [0.717, 1.165) is 28.2 Å². The summed E-state index contributed by atoms with van der Waals surface area (Å²) in [4.78, 5) is 20.0. The zero-order valence-electron chi connectivity index (χ0n) is 16.2. The second-order valence-corrected chi connectivity index (χ2v) is 9.04. The lowest BCUT2D eigenvalue weighted by atomic mass is 9.90. The van der Waals surface area contributed by atoms with Crippen molar-refractivity contribution in [3.8, 4) is 10.6 Å². The van der Waals surface area contributed by atoms with Crippen molar-refractivity contribution in [2.75, 3.05) is 6.54 Å². The molecular formula is C24H22N2OS2. The van der Waals surface area contributed by atoms with E-state index in [9.17, 15) is 4.79 Å². The molecule has 0 radical (unpaired) electrons. The molecule has 5 heteroatoms. The molecule has 29 heavy (non-hydrogen) atoms. The number of hydrogen-bond donors (Lipinski definition) is 1. The molecule has 0 unspecified atom stereocenters. The highest BCUT2D eigenvalue weighted by Gasteiger charge is 2.22. The van der Waals surface area contributed by atoms with Gasteiger partial charge >= 0.3 is 0 Å². The van der Waals surface area contributed by atoms with E-state index in [2.05, 4.69) is 27.8 Å². The summed E-state index contributed by atoms with van der Waals surface area (Å²) in [6, 6.07) is 24.2. The summed E-state index contributed by atoms with van der Waals surface area (Å²) in [6.07, 6.45) is 0.815. The van der Waals surface area contributed by atoms with Crippen LogP contribution < -0.4 is 5.32 Å². The van der Waals surface area contributed by atoms with Gasteiger partial charge in [-0.1, -0.05) is 60.7 Å². The van der Waals surface area contributed by atoms with Gasteiger partial charge in [-0.05, 0) is 36.6 Å². The summed E-state index contributed by atoms with van der Waals surface area (Å²) in [7, 11) is 0. The van der Waals surface area contributed by atoms with Crippen molar-refractivity contribution < 1.29 is 4.79 Å². The zero-order chi connectivity index (χ0) is 20.1. The maximum atomic E-state index is 13.0. The molecule has 0 saturated heterocycles. The molecule has 0 aliphatic rings. The zero-order valence-corrected chi connectivity index (χ0v) is 17.8. The number of benzene rings is 2. The lowest BCUT2D eigenvalue weighted by molar-refractivity contribution is -0.121. The van der Waals surface area contributed by atoms with Gasteiger partial charge in [0.1, 0.15) is 0 Å². The Kier molecular flexibility index (Phi) is 6.17.